The number of rotatable bonds is 2. The lowest BCUT2D eigenvalue weighted by atomic mass is 10.0. The van der Waals surface area contributed by atoms with Crippen molar-refractivity contribution in [2.45, 2.75) is 6.54 Å². The molecule has 0 aliphatic carbocycles. The number of halogens is 1. The van der Waals surface area contributed by atoms with E-state index in [2.05, 4.69) is 50.1 Å². The van der Waals surface area contributed by atoms with Crippen molar-refractivity contribution in [1.82, 2.24) is 4.98 Å². The molecule has 0 radical (unpaired) electrons. The van der Waals surface area contributed by atoms with E-state index in [1.165, 1.54) is 11.1 Å². The minimum absolute atomic E-state index is 0.757. The first-order valence-electron chi connectivity index (χ1n) is 7.43. The van der Waals surface area contributed by atoms with Gasteiger partial charge < -0.3 is 9.64 Å². The fraction of sp³-hybridized carbons (Fsp3) is 0.294. The zero-order chi connectivity index (χ0) is 14.9. The number of ether oxygens (including phenoxy) is 1. The maximum absolute atomic E-state index is 5.41. The zero-order valence-corrected chi connectivity index (χ0v) is 13.7. The molecule has 112 valence electrons. The smallest absolute Gasteiger partial charge is 0.129 e. The molecular weight excluding hydrogens is 342 g/mol. The molecule has 0 atom stereocenters. The molecule has 2 aliphatic heterocycles. The molecule has 0 unspecified atom stereocenters. The lowest BCUT2D eigenvalue weighted by Crippen LogP contribution is -2.36. The second-order valence-corrected chi connectivity index (χ2v) is 6.38. The molecule has 1 aromatic carbocycles. The first kappa shape index (κ1) is 13.9. The second-order valence-electron chi connectivity index (χ2n) is 5.47. The average Bonchev–Trinajstić information content (AvgIpc) is 2.99. The summed E-state index contributed by atoms with van der Waals surface area (Å²) in [4.78, 5) is 11.5. The van der Waals surface area contributed by atoms with Gasteiger partial charge in [0.05, 0.1) is 25.5 Å². The topological polar surface area (TPSA) is 37.7 Å². The minimum atomic E-state index is 0.757. The van der Waals surface area contributed by atoms with Crippen molar-refractivity contribution in [2.75, 3.05) is 31.2 Å². The Balaban J connectivity index is 1.68. The molecular formula is C17H16BrN3O. The summed E-state index contributed by atoms with van der Waals surface area (Å²) in [6, 6.07) is 10.5. The molecule has 4 rings (SSSR count). The Bertz CT molecular complexity index is 738. The number of pyridine rings is 1. The third kappa shape index (κ3) is 2.55. The van der Waals surface area contributed by atoms with E-state index >= 15 is 0 Å². The Labute approximate surface area is 138 Å². The second kappa shape index (κ2) is 5.82. The van der Waals surface area contributed by atoms with E-state index in [1.54, 1.807) is 0 Å². The molecule has 2 aromatic rings. The van der Waals surface area contributed by atoms with E-state index < -0.39 is 0 Å². The van der Waals surface area contributed by atoms with Crippen LogP contribution in [0, 0.1) is 0 Å². The summed E-state index contributed by atoms with van der Waals surface area (Å²) in [6.07, 6.45) is 1.87. The first-order chi connectivity index (χ1) is 10.8. The normalized spacial score (nSPS) is 17.3. The molecule has 2 aliphatic rings. The Kier molecular flexibility index (Phi) is 3.68. The molecule has 0 spiro atoms. The van der Waals surface area contributed by atoms with Crippen LogP contribution in [0.25, 0.3) is 0 Å². The van der Waals surface area contributed by atoms with Gasteiger partial charge in [-0.1, -0.05) is 22.0 Å². The van der Waals surface area contributed by atoms with Crippen LogP contribution in [-0.4, -0.2) is 37.0 Å². The average molecular weight is 358 g/mol. The summed E-state index contributed by atoms with van der Waals surface area (Å²) >= 11 is 3.55. The quantitative estimate of drug-likeness (QED) is 0.828. The van der Waals surface area contributed by atoms with Crippen LogP contribution >= 0.6 is 15.9 Å². The van der Waals surface area contributed by atoms with Gasteiger partial charge in [0.2, 0.25) is 0 Å². The largest absolute Gasteiger partial charge is 0.378 e. The van der Waals surface area contributed by atoms with Gasteiger partial charge in [0.25, 0.3) is 0 Å². The molecule has 1 aromatic heterocycles. The van der Waals surface area contributed by atoms with Gasteiger partial charge in [-0.2, -0.15) is 0 Å². The lowest BCUT2D eigenvalue weighted by molar-refractivity contribution is 0.122. The number of fused-ring (bicyclic) bond motifs is 1. The third-order valence-corrected chi connectivity index (χ3v) is 4.58. The van der Waals surface area contributed by atoms with Gasteiger partial charge in [0, 0.05) is 34.9 Å². The molecule has 0 saturated carbocycles. The van der Waals surface area contributed by atoms with Gasteiger partial charge in [-0.15, -0.1) is 0 Å². The molecule has 0 N–H and O–H groups in total. The van der Waals surface area contributed by atoms with E-state index in [9.17, 15) is 0 Å². The molecule has 0 bridgehead atoms. The maximum atomic E-state index is 5.41. The van der Waals surface area contributed by atoms with Crippen LogP contribution in [0.1, 0.15) is 16.7 Å². The van der Waals surface area contributed by atoms with E-state index in [0.29, 0.717) is 0 Å². The van der Waals surface area contributed by atoms with Crippen LogP contribution in [0.3, 0.4) is 0 Å². The SMILES string of the molecule is Brc1ccc2c(c1)C(c1ccnc(N3CCOCC3)c1)=NC2. The highest BCUT2D eigenvalue weighted by Gasteiger charge is 2.19. The van der Waals surface area contributed by atoms with Gasteiger partial charge in [0.1, 0.15) is 5.82 Å². The van der Waals surface area contributed by atoms with Crippen LogP contribution in [0.15, 0.2) is 46.0 Å². The summed E-state index contributed by atoms with van der Waals surface area (Å²) in [6.45, 7) is 4.08. The number of benzene rings is 1. The number of anilines is 1. The summed E-state index contributed by atoms with van der Waals surface area (Å²) in [5, 5.41) is 0. The molecule has 1 fully saturated rings. The monoisotopic (exact) mass is 357 g/mol. The molecule has 1 saturated heterocycles. The van der Waals surface area contributed by atoms with Gasteiger partial charge in [-0.3, -0.25) is 4.99 Å². The standard InChI is InChI=1S/C17H16BrN3O/c18-14-2-1-13-11-20-17(15(13)10-14)12-3-4-19-16(9-12)21-5-7-22-8-6-21/h1-4,9-10H,5-8,11H2. The van der Waals surface area contributed by atoms with E-state index in [0.717, 1.165) is 54.4 Å². The Hall–Kier alpha value is -1.72. The molecule has 5 heteroatoms. The zero-order valence-electron chi connectivity index (χ0n) is 12.1. The first-order valence-corrected chi connectivity index (χ1v) is 8.23. The summed E-state index contributed by atoms with van der Waals surface area (Å²) in [5.41, 5.74) is 4.69. The predicted octanol–water partition coefficient (Wildman–Crippen LogP) is 3.03. The predicted molar refractivity (Wildman–Crippen MR) is 90.8 cm³/mol. The number of aromatic nitrogens is 1. The van der Waals surface area contributed by atoms with Crippen LogP contribution in [0.4, 0.5) is 5.82 Å². The van der Waals surface area contributed by atoms with Crippen molar-refractivity contribution in [3.8, 4) is 0 Å². The Morgan fingerprint density at radius 2 is 1.95 bits per heavy atom. The van der Waals surface area contributed by atoms with Crippen molar-refractivity contribution < 1.29 is 4.74 Å². The fourth-order valence-electron chi connectivity index (χ4n) is 2.93. The summed E-state index contributed by atoms with van der Waals surface area (Å²) in [5.74, 6) is 1.01. The third-order valence-electron chi connectivity index (χ3n) is 4.09. The van der Waals surface area contributed by atoms with Crippen molar-refractivity contribution in [2.24, 2.45) is 4.99 Å². The van der Waals surface area contributed by atoms with Crippen LogP contribution in [0.5, 0.6) is 0 Å². The molecule has 0 amide bonds. The number of hydrogen-bond donors (Lipinski definition) is 0. The maximum Gasteiger partial charge on any atom is 0.129 e. The van der Waals surface area contributed by atoms with Crippen molar-refractivity contribution in [3.63, 3.8) is 0 Å². The Morgan fingerprint density at radius 1 is 1.09 bits per heavy atom. The highest BCUT2D eigenvalue weighted by molar-refractivity contribution is 9.10. The minimum Gasteiger partial charge on any atom is -0.378 e. The van der Waals surface area contributed by atoms with Crippen LogP contribution in [-0.2, 0) is 11.3 Å². The Morgan fingerprint density at radius 3 is 2.82 bits per heavy atom. The van der Waals surface area contributed by atoms with Crippen molar-refractivity contribution >= 4 is 27.5 Å². The summed E-state index contributed by atoms with van der Waals surface area (Å²) in [7, 11) is 0. The van der Waals surface area contributed by atoms with E-state index in [4.69, 9.17) is 9.73 Å². The van der Waals surface area contributed by atoms with Gasteiger partial charge in [-0.25, -0.2) is 4.98 Å². The number of aliphatic imine (C=N–C) groups is 1. The summed E-state index contributed by atoms with van der Waals surface area (Å²) < 4.78 is 6.50. The van der Waals surface area contributed by atoms with E-state index in [-0.39, 0.29) is 0 Å². The van der Waals surface area contributed by atoms with Crippen molar-refractivity contribution in [1.29, 1.82) is 0 Å². The molecule has 22 heavy (non-hydrogen) atoms. The fourth-order valence-corrected chi connectivity index (χ4v) is 3.30. The highest BCUT2D eigenvalue weighted by Crippen LogP contribution is 2.27. The van der Waals surface area contributed by atoms with E-state index in [1.807, 2.05) is 12.3 Å². The molecule has 3 heterocycles. The van der Waals surface area contributed by atoms with Crippen LogP contribution < -0.4 is 4.90 Å². The van der Waals surface area contributed by atoms with Gasteiger partial charge >= 0.3 is 0 Å². The number of morpholine rings is 1. The lowest BCUT2D eigenvalue weighted by Gasteiger charge is -2.28. The van der Waals surface area contributed by atoms with Gasteiger partial charge in [0.15, 0.2) is 0 Å². The number of nitrogens with zero attached hydrogens (tertiary/aromatic N) is 3. The van der Waals surface area contributed by atoms with Crippen molar-refractivity contribution in [3.05, 3.63) is 57.7 Å². The number of hydrogen-bond acceptors (Lipinski definition) is 4. The highest BCUT2D eigenvalue weighted by atomic mass is 79.9. The molecule has 4 nitrogen and oxygen atoms in total. The van der Waals surface area contributed by atoms with Crippen LogP contribution in [0.2, 0.25) is 0 Å². The van der Waals surface area contributed by atoms with Gasteiger partial charge in [-0.05, 0) is 29.8 Å².